The molecule has 0 aliphatic heterocycles. The molecule has 1 heterocycles. The van der Waals surface area contributed by atoms with Gasteiger partial charge in [-0.3, -0.25) is 4.90 Å². The Hall–Kier alpha value is -3.28. The van der Waals surface area contributed by atoms with Gasteiger partial charge in [-0.2, -0.15) is 4.98 Å². The molecule has 1 aliphatic carbocycles. The van der Waals surface area contributed by atoms with Crippen LogP contribution in [0.1, 0.15) is 29.5 Å². The highest BCUT2D eigenvalue weighted by Crippen LogP contribution is 2.34. The fraction of sp³-hybridized carbons (Fsp3) is 0.286. The predicted molar refractivity (Wildman–Crippen MR) is 133 cm³/mol. The Kier molecular flexibility index (Phi) is 7.02. The number of likely N-dealkylation sites (N-methyl/N-ethyl adjacent to an activating group) is 1. The highest BCUT2D eigenvalue weighted by atomic mass is 16.5. The molecule has 3 aromatic rings. The van der Waals surface area contributed by atoms with E-state index in [1.165, 1.54) is 11.1 Å². The standard InChI is InChI=1S/C28H31N3O2/c1-5-24(18-32)31(4)17-21-10-12-22(13-11-21)27-29-28(33-30-27)23-14-15-26(20(3)16-23)25-9-7-6-8-19(25)2/h5-16,19,24-25,32H,1,17-18H2,2-4H3. The van der Waals surface area contributed by atoms with Crippen molar-refractivity contribution in [3.05, 3.63) is 96.1 Å². The van der Waals surface area contributed by atoms with E-state index in [1.54, 1.807) is 6.08 Å². The lowest BCUT2D eigenvalue weighted by Gasteiger charge is -2.23. The number of aromatic nitrogens is 2. The van der Waals surface area contributed by atoms with E-state index >= 15 is 0 Å². The van der Waals surface area contributed by atoms with Crippen molar-refractivity contribution in [2.75, 3.05) is 13.7 Å². The van der Waals surface area contributed by atoms with E-state index in [2.05, 4.69) is 78.0 Å². The summed E-state index contributed by atoms with van der Waals surface area (Å²) in [4.78, 5) is 6.69. The first-order valence-electron chi connectivity index (χ1n) is 11.3. The molecular formula is C28H31N3O2. The molecule has 1 aromatic heterocycles. The number of hydrogen-bond donors (Lipinski definition) is 1. The van der Waals surface area contributed by atoms with Gasteiger partial charge in [-0.1, -0.05) is 72.8 Å². The molecule has 0 saturated heterocycles. The molecule has 0 fully saturated rings. The van der Waals surface area contributed by atoms with E-state index in [0.717, 1.165) is 16.7 Å². The summed E-state index contributed by atoms with van der Waals surface area (Å²) in [7, 11) is 1.97. The summed E-state index contributed by atoms with van der Waals surface area (Å²) in [5, 5.41) is 13.6. The minimum Gasteiger partial charge on any atom is -0.394 e. The van der Waals surface area contributed by atoms with Crippen LogP contribution < -0.4 is 0 Å². The average molecular weight is 442 g/mol. The second-order valence-corrected chi connectivity index (χ2v) is 8.75. The van der Waals surface area contributed by atoms with Gasteiger partial charge in [0.15, 0.2) is 0 Å². The molecule has 5 nitrogen and oxygen atoms in total. The second-order valence-electron chi connectivity index (χ2n) is 8.75. The summed E-state index contributed by atoms with van der Waals surface area (Å²) in [6.07, 6.45) is 10.5. The second kappa shape index (κ2) is 10.1. The number of aliphatic hydroxyl groups excluding tert-OH is 1. The number of hydrogen-bond acceptors (Lipinski definition) is 5. The fourth-order valence-corrected chi connectivity index (χ4v) is 4.30. The van der Waals surface area contributed by atoms with Gasteiger partial charge >= 0.3 is 0 Å². The van der Waals surface area contributed by atoms with Crippen molar-refractivity contribution in [3.63, 3.8) is 0 Å². The smallest absolute Gasteiger partial charge is 0.258 e. The third-order valence-corrected chi connectivity index (χ3v) is 6.38. The van der Waals surface area contributed by atoms with E-state index < -0.39 is 0 Å². The third kappa shape index (κ3) is 5.05. The largest absolute Gasteiger partial charge is 0.394 e. The van der Waals surface area contributed by atoms with Crippen LogP contribution in [0.4, 0.5) is 0 Å². The van der Waals surface area contributed by atoms with Crippen molar-refractivity contribution < 1.29 is 9.63 Å². The van der Waals surface area contributed by atoms with Gasteiger partial charge in [0.25, 0.3) is 5.89 Å². The molecule has 0 saturated carbocycles. The Labute approximate surface area is 195 Å². The van der Waals surface area contributed by atoms with Crippen LogP contribution in [0.2, 0.25) is 0 Å². The maximum Gasteiger partial charge on any atom is 0.258 e. The summed E-state index contributed by atoms with van der Waals surface area (Å²) >= 11 is 0. The summed E-state index contributed by atoms with van der Waals surface area (Å²) in [5.41, 5.74) is 5.51. The van der Waals surface area contributed by atoms with Gasteiger partial charge in [0.1, 0.15) is 0 Å². The maximum atomic E-state index is 9.43. The van der Waals surface area contributed by atoms with Gasteiger partial charge in [-0.15, -0.1) is 6.58 Å². The summed E-state index contributed by atoms with van der Waals surface area (Å²) < 4.78 is 5.59. The maximum absolute atomic E-state index is 9.43. The summed E-state index contributed by atoms with van der Waals surface area (Å²) in [6.45, 7) is 8.93. The minimum atomic E-state index is -0.0619. The van der Waals surface area contributed by atoms with Crippen LogP contribution in [0.25, 0.3) is 22.8 Å². The first-order chi connectivity index (χ1) is 16.0. The number of rotatable bonds is 8. The number of aliphatic hydroxyl groups is 1. The highest BCUT2D eigenvalue weighted by molar-refractivity contribution is 5.61. The Morgan fingerprint density at radius 2 is 1.85 bits per heavy atom. The minimum absolute atomic E-state index is 0.0532. The molecule has 5 heteroatoms. The third-order valence-electron chi connectivity index (χ3n) is 6.38. The van der Waals surface area contributed by atoms with Crippen LogP contribution >= 0.6 is 0 Å². The molecule has 4 rings (SSSR count). The van der Waals surface area contributed by atoms with E-state index in [-0.39, 0.29) is 12.6 Å². The van der Waals surface area contributed by atoms with Gasteiger partial charge in [0.05, 0.1) is 12.6 Å². The highest BCUT2D eigenvalue weighted by Gasteiger charge is 2.19. The van der Waals surface area contributed by atoms with Crippen molar-refractivity contribution in [3.8, 4) is 22.8 Å². The van der Waals surface area contributed by atoms with Crippen LogP contribution in [-0.4, -0.2) is 39.8 Å². The number of allylic oxidation sites excluding steroid dienone is 4. The Morgan fingerprint density at radius 1 is 1.12 bits per heavy atom. The summed E-state index contributed by atoms with van der Waals surface area (Å²) in [5.74, 6) is 1.95. The average Bonchev–Trinajstić information content (AvgIpc) is 3.31. The fourth-order valence-electron chi connectivity index (χ4n) is 4.30. The molecule has 0 bridgehead atoms. The van der Waals surface area contributed by atoms with Gasteiger partial charge in [-0.25, -0.2) is 0 Å². The monoisotopic (exact) mass is 441 g/mol. The molecule has 170 valence electrons. The molecule has 3 atom stereocenters. The Morgan fingerprint density at radius 3 is 2.52 bits per heavy atom. The van der Waals surface area contributed by atoms with Crippen molar-refractivity contribution in [2.45, 2.75) is 32.4 Å². The van der Waals surface area contributed by atoms with Gasteiger partial charge < -0.3 is 9.63 Å². The molecule has 1 aliphatic rings. The SMILES string of the molecule is C=CC(CO)N(C)Cc1ccc(-c2noc(-c3ccc(C4C=CC=CC4C)c(C)c3)n2)cc1. The normalized spacial score (nSPS) is 18.6. The van der Waals surface area contributed by atoms with Crippen molar-refractivity contribution in [2.24, 2.45) is 5.92 Å². The Bertz CT molecular complexity index is 1160. The topological polar surface area (TPSA) is 62.4 Å². The summed E-state index contributed by atoms with van der Waals surface area (Å²) in [6, 6.07) is 14.4. The van der Waals surface area contributed by atoms with Crippen molar-refractivity contribution >= 4 is 0 Å². The molecule has 2 aromatic carbocycles. The zero-order valence-corrected chi connectivity index (χ0v) is 19.5. The lowest BCUT2D eigenvalue weighted by molar-refractivity contribution is 0.172. The van der Waals surface area contributed by atoms with Crippen LogP contribution in [0, 0.1) is 12.8 Å². The van der Waals surface area contributed by atoms with Gasteiger partial charge in [0, 0.05) is 23.6 Å². The molecule has 33 heavy (non-hydrogen) atoms. The number of benzene rings is 2. The zero-order valence-electron chi connectivity index (χ0n) is 19.5. The van der Waals surface area contributed by atoms with E-state index in [1.807, 2.05) is 31.3 Å². The van der Waals surface area contributed by atoms with E-state index in [0.29, 0.717) is 30.1 Å². The molecule has 0 radical (unpaired) electrons. The van der Waals surface area contributed by atoms with E-state index in [9.17, 15) is 5.11 Å². The number of nitrogens with zero attached hydrogens (tertiary/aromatic N) is 3. The molecule has 3 unspecified atom stereocenters. The first kappa shape index (κ1) is 22.9. The first-order valence-corrected chi connectivity index (χ1v) is 11.3. The predicted octanol–water partition coefficient (Wildman–Crippen LogP) is 5.54. The molecule has 0 amide bonds. The van der Waals surface area contributed by atoms with Crippen LogP contribution in [0.5, 0.6) is 0 Å². The lowest BCUT2D eigenvalue weighted by atomic mass is 9.82. The molecule has 1 N–H and O–H groups in total. The molecular weight excluding hydrogens is 410 g/mol. The van der Waals surface area contributed by atoms with Crippen LogP contribution in [0.15, 0.2) is 83.9 Å². The Balaban J connectivity index is 1.49. The number of aryl methyl sites for hydroxylation is 1. The lowest BCUT2D eigenvalue weighted by Crippen LogP contribution is -2.32. The van der Waals surface area contributed by atoms with Crippen molar-refractivity contribution in [1.29, 1.82) is 0 Å². The van der Waals surface area contributed by atoms with Gasteiger partial charge in [0.2, 0.25) is 5.82 Å². The van der Waals surface area contributed by atoms with E-state index in [4.69, 9.17) is 4.52 Å². The van der Waals surface area contributed by atoms with Crippen LogP contribution in [0.3, 0.4) is 0 Å². The zero-order chi connectivity index (χ0) is 23.4. The van der Waals surface area contributed by atoms with Crippen molar-refractivity contribution in [1.82, 2.24) is 15.0 Å². The quantitative estimate of drug-likeness (QED) is 0.465. The molecule has 0 spiro atoms. The van der Waals surface area contributed by atoms with Crippen LogP contribution in [-0.2, 0) is 6.54 Å². The van der Waals surface area contributed by atoms with Gasteiger partial charge in [-0.05, 0) is 48.7 Å².